The molecule has 0 N–H and O–H groups in total. The van der Waals surface area contributed by atoms with Gasteiger partial charge in [-0.1, -0.05) is 24.4 Å². The van der Waals surface area contributed by atoms with Gasteiger partial charge in [-0.2, -0.15) is 0 Å². The van der Waals surface area contributed by atoms with Gasteiger partial charge in [-0.25, -0.2) is 8.42 Å². The Morgan fingerprint density at radius 1 is 1.10 bits per heavy atom. The van der Waals surface area contributed by atoms with Gasteiger partial charge in [0.15, 0.2) is 0 Å². The van der Waals surface area contributed by atoms with E-state index in [-0.39, 0.29) is 21.4 Å². The first-order valence-electron chi connectivity index (χ1n) is 6.43. The topological polar surface area (TPSA) is 54.5 Å². The number of rotatable bonds is 2. The summed E-state index contributed by atoms with van der Waals surface area (Å²) in [7, 11) is 1.43. The molecule has 0 atom stereocenters. The number of halogens is 2. The summed E-state index contributed by atoms with van der Waals surface area (Å²) in [5.41, 5.74) is 0.190. The van der Waals surface area contributed by atoms with Gasteiger partial charge in [-0.3, -0.25) is 4.79 Å². The van der Waals surface area contributed by atoms with Crippen LogP contribution in [0.1, 0.15) is 36.0 Å². The average Bonchev–Trinajstić information content (AvgIpc) is 2.66. The summed E-state index contributed by atoms with van der Waals surface area (Å²) in [6.45, 7) is 1.35. The van der Waals surface area contributed by atoms with E-state index < -0.39 is 9.05 Å². The number of carbonyl (C=O) groups excluding carboxylic acids is 1. The lowest BCUT2D eigenvalue weighted by Crippen LogP contribution is -2.32. The van der Waals surface area contributed by atoms with Crippen LogP contribution < -0.4 is 0 Å². The lowest BCUT2D eigenvalue weighted by molar-refractivity contribution is 0.0761. The van der Waals surface area contributed by atoms with Crippen LogP contribution in [0.15, 0.2) is 23.1 Å². The molecule has 0 aromatic heterocycles. The van der Waals surface area contributed by atoms with Crippen LogP contribution in [0.3, 0.4) is 0 Å². The molecule has 1 amide bonds. The highest BCUT2D eigenvalue weighted by Crippen LogP contribution is 2.25. The third-order valence-corrected chi connectivity index (χ3v) is 5.02. The summed E-state index contributed by atoms with van der Waals surface area (Å²) in [6.07, 6.45) is 4.12. The Morgan fingerprint density at radius 2 is 1.70 bits per heavy atom. The van der Waals surface area contributed by atoms with Gasteiger partial charge >= 0.3 is 0 Å². The number of amides is 1. The van der Waals surface area contributed by atoms with E-state index in [9.17, 15) is 13.2 Å². The molecule has 0 radical (unpaired) electrons. The van der Waals surface area contributed by atoms with Gasteiger partial charge in [-0.05, 0) is 31.0 Å². The number of nitrogens with zero attached hydrogens (tertiary/aromatic N) is 1. The summed E-state index contributed by atoms with van der Waals surface area (Å²) < 4.78 is 22.7. The summed E-state index contributed by atoms with van der Waals surface area (Å²) in [4.78, 5) is 14.1. The summed E-state index contributed by atoms with van der Waals surface area (Å²) in [6, 6.07) is 3.93. The molecule has 7 heteroatoms. The molecule has 0 bridgehead atoms. The Bertz CT molecular complexity index is 608. The average molecular weight is 336 g/mol. The second-order valence-corrected chi connectivity index (χ2v) is 7.76. The molecule has 2 rings (SSSR count). The SMILES string of the molecule is O=C(c1cc(S(=O)(=O)Cl)ccc1Cl)N1CCCCCC1. The van der Waals surface area contributed by atoms with E-state index in [0.717, 1.165) is 25.7 Å². The van der Waals surface area contributed by atoms with Crippen LogP contribution in [-0.2, 0) is 9.05 Å². The molecule has 1 heterocycles. The van der Waals surface area contributed by atoms with Crippen molar-refractivity contribution in [1.29, 1.82) is 0 Å². The maximum absolute atomic E-state index is 12.5. The molecular formula is C13H15Cl2NO3S. The quantitative estimate of drug-likeness (QED) is 0.779. The monoisotopic (exact) mass is 335 g/mol. The summed E-state index contributed by atoms with van der Waals surface area (Å²) in [5, 5.41) is 0.239. The van der Waals surface area contributed by atoms with Crippen LogP contribution in [0, 0.1) is 0 Å². The van der Waals surface area contributed by atoms with Crippen LogP contribution in [0.5, 0.6) is 0 Å². The van der Waals surface area contributed by atoms with E-state index in [2.05, 4.69) is 0 Å². The first-order valence-corrected chi connectivity index (χ1v) is 9.12. The van der Waals surface area contributed by atoms with Crippen molar-refractivity contribution in [3.8, 4) is 0 Å². The fourth-order valence-corrected chi connectivity index (χ4v) is 3.24. The minimum atomic E-state index is -3.87. The molecule has 0 aliphatic carbocycles. The third kappa shape index (κ3) is 3.65. The second-order valence-electron chi connectivity index (χ2n) is 4.79. The number of hydrogen-bond donors (Lipinski definition) is 0. The summed E-state index contributed by atoms with van der Waals surface area (Å²) in [5.74, 6) is -0.237. The van der Waals surface area contributed by atoms with Crippen LogP contribution in [-0.4, -0.2) is 32.3 Å². The molecule has 110 valence electrons. The molecule has 0 saturated carbocycles. The van der Waals surface area contributed by atoms with Crippen LogP contribution in [0.2, 0.25) is 5.02 Å². The highest BCUT2D eigenvalue weighted by Gasteiger charge is 2.22. The predicted octanol–water partition coefficient (Wildman–Crippen LogP) is 3.28. The van der Waals surface area contributed by atoms with Gasteiger partial charge in [0, 0.05) is 23.8 Å². The van der Waals surface area contributed by atoms with Gasteiger partial charge in [0.05, 0.1) is 15.5 Å². The Labute approximate surface area is 128 Å². The van der Waals surface area contributed by atoms with E-state index in [1.54, 1.807) is 4.90 Å². The molecule has 1 aromatic carbocycles. The normalized spacial score (nSPS) is 16.8. The Balaban J connectivity index is 2.33. The molecule has 1 saturated heterocycles. The maximum Gasteiger partial charge on any atom is 0.261 e. The minimum Gasteiger partial charge on any atom is -0.339 e. The first kappa shape index (κ1) is 15.6. The molecule has 0 spiro atoms. The number of benzene rings is 1. The molecule has 1 fully saturated rings. The third-order valence-electron chi connectivity index (χ3n) is 3.34. The summed E-state index contributed by atoms with van der Waals surface area (Å²) >= 11 is 6.02. The smallest absolute Gasteiger partial charge is 0.261 e. The van der Waals surface area contributed by atoms with E-state index in [1.165, 1.54) is 18.2 Å². The van der Waals surface area contributed by atoms with Gasteiger partial charge in [0.25, 0.3) is 15.0 Å². The standard InChI is InChI=1S/C13H15Cl2NO3S/c14-12-6-5-10(20(15,18)19)9-11(12)13(17)16-7-3-1-2-4-8-16/h5-6,9H,1-4,7-8H2. The van der Waals surface area contributed by atoms with Crippen molar-refractivity contribution < 1.29 is 13.2 Å². The molecule has 0 unspecified atom stereocenters. The zero-order chi connectivity index (χ0) is 14.8. The molecule has 20 heavy (non-hydrogen) atoms. The van der Waals surface area contributed by atoms with Crippen molar-refractivity contribution in [3.63, 3.8) is 0 Å². The van der Waals surface area contributed by atoms with Crippen molar-refractivity contribution in [2.75, 3.05) is 13.1 Å². The van der Waals surface area contributed by atoms with Crippen molar-refractivity contribution in [2.24, 2.45) is 0 Å². The van der Waals surface area contributed by atoms with Crippen LogP contribution >= 0.6 is 22.3 Å². The van der Waals surface area contributed by atoms with Crippen LogP contribution in [0.4, 0.5) is 0 Å². The van der Waals surface area contributed by atoms with Crippen molar-refractivity contribution in [2.45, 2.75) is 30.6 Å². The largest absolute Gasteiger partial charge is 0.339 e. The fraction of sp³-hybridized carbons (Fsp3) is 0.462. The van der Waals surface area contributed by atoms with Crippen LogP contribution in [0.25, 0.3) is 0 Å². The Morgan fingerprint density at radius 3 is 2.25 bits per heavy atom. The lowest BCUT2D eigenvalue weighted by Gasteiger charge is -2.21. The van der Waals surface area contributed by atoms with E-state index in [0.29, 0.717) is 13.1 Å². The van der Waals surface area contributed by atoms with E-state index in [1.807, 2.05) is 0 Å². The molecule has 1 aromatic rings. The van der Waals surface area contributed by atoms with Gasteiger partial charge in [0.2, 0.25) is 0 Å². The Hall–Kier alpha value is -0.780. The van der Waals surface area contributed by atoms with E-state index in [4.69, 9.17) is 22.3 Å². The van der Waals surface area contributed by atoms with E-state index >= 15 is 0 Å². The maximum atomic E-state index is 12.5. The van der Waals surface area contributed by atoms with Crippen molar-refractivity contribution >= 4 is 37.2 Å². The number of likely N-dealkylation sites (tertiary alicyclic amines) is 1. The molecule has 1 aliphatic rings. The number of carbonyl (C=O) groups is 1. The minimum absolute atomic E-state index is 0.110. The zero-order valence-electron chi connectivity index (χ0n) is 10.8. The van der Waals surface area contributed by atoms with Gasteiger partial charge in [-0.15, -0.1) is 0 Å². The highest BCUT2D eigenvalue weighted by molar-refractivity contribution is 8.13. The van der Waals surface area contributed by atoms with Gasteiger partial charge < -0.3 is 4.90 Å². The predicted molar refractivity (Wildman–Crippen MR) is 78.9 cm³/mol. The number of hydrogen-bond acceptors (Lipinski definition) is 3. The second kappa shape index (κ2) is 6.33. The molecular weight excluding hydrogens is 321 g/mol. The highest BCUT2D eigenvalue weighted by atomic mass is 35.7. The Kier molecular flexibility index (Phi) is 4.94. The fourth-order valence-electron chi connectivity index (χ4n) is 2.26. The first-order chi connectivity index (χ1) is 9.39. The van der Waals surface area contributed by atoms with Crippen molar-refractivity contribution in [1.82, 2.24) is 4.90 Å². The molecule has 4 nitrogen and oxygen atoms in total. The van der Waals surface area contributed by atoms with Crippen molar-refractivity contribution in [3.05, 3.63) is 28.8 Å². The molecule has 1 aliphatic heterocycles. The lowest BCUT2D eigenvalue weighted by atomic mass is 10.2. The van der Waals surface area contributed by atoms with Gasteiger partial charge in [0.1, 0.15) is 0 Å². The zero-order valence-corrected chi connectivity index (χ0v) is 13.1.